The van der Waals surface area contributed by atoms with Crippen molar-refractivity contribution in [1.29, 1.82) is 0 Å². The Balaban J connectivity index is 3.00. The van der Waals surface area contributed by atoms with Gasteiger partial charge >= 0.3 is 0 Å². The van der Waals surface area contributed by atoms with Gasteiger partial charge in [0.1, 0.15) is 5.75 Å². The third kappa shape index (κ3) is 3.14. The van der Waals surface area contributed by atoms with Crippen LogP contribution in [0.1, 0.15) is 30.9 Å². The summed E-state index contributed by atoms with van der Waals surface area (Å²) in [6.45, 7) is 5.87. The van der Waals surface area contributed by atoms with Gasteiger partial charge in [-0.05, 0) is 36.1 Å². The number of ether oxygens (including phenoxy) is 1. The number of benzene rings is 1. The maximum atomic E-state index is 10.6. The van der Waals surface area contributed by atoms with Crippen LogP contribution in [0.2, 0.25) is 5.02 Å². The SMILES string of the molecule is Cc1cc(Cl)c(C(C)C)cc1OCC(N)=O. The molecule has 0 aliphatic carbocycles. The van der Waals surface area contributed by atoms with Crippen LogP contribution in [0.4, 0.5) is 0 Å². The smallest absolute Gasteiger partial charge is 0.255 e. The molecule has 0 radical (unpaired) electrons. The van der Waals surface area contributed by atoms with Crippen LogP contribution in [0, 0.1) is 6.92 Å². The molecule has 1 rings (SSSR count). The van der Waals surface area contributed by atoms with Gasteiger partial charge in [0.05, 0.1) is 0 Å². The first kappa shape index (κ1) is 12.8. The van der Waals surface area contributed by atoms with Gasteiger partial charge in [-0.25, -0.2) is 0 Å². The van der Waals surface area contributed by atoms with Crippen molar-refractivity contribution in [2.45, 2.75) is 26.7 Å². The van der Waals surface area contributed by atoms with E-state index in [1.807, 2.05) is 19.1 Å². The molecule has 1 aromatic carbocycles. The number of hydrogen-bond donors (Lipinski definition) is 1. The summed E-state index contributed by atoms with van der Waals surface area (Å²) >= 11 is 6.11. The van der Waals surface area contributed by atoms with Crippen molar-refractivity contribution < 1.29 is 9.53 Å². The van der Waals surface area contributed by atoms with Gasteiger partial charge in [0, 0.05) is 5.02 Å². The van der Waals surface area contributed by atoms with E-state index in [0.29, 0.717) is 11.7 Å². The summed E-state index contributed by atoms with van der Waals surface area (Å²) in [5.41, 5.74) is 6.93. The van der Waals surface area contributed by atoms with Gasteiger partial charge in [0.25, 0.3) is 5.91 Å². The molecule has 88 valence electrons. The van der Waals surface area contributed by atoms with Crippen LogP contribution in [-0.2, 0) is 4.79 Å². The van der Waals surface area contributed by atoms with Gasteiger partial charge < -0.3 is 10.5 Å². The van der Waals surface area contributed by atoms with E-state index in [0.717, 1.165) is 16.1 Å². The predicted octanol–water partition coefficient (Wildman–Crippen LogP) is 2.64. The molecule has 0 fully saturated rings. The molecule has 0 heterocycles. The molecule has 0 aromatic heterocycles. The van der Waals surface area contributed by atoms with E-state index >= 15 is 0 Å². The highest BCUT2D eigenvalue weighted by Crippen LogP contribution is 2.31. The summed E-state index contributed by atoms with van der Waals surface area (Å²) in [7, 11) is 0. The first-order valence-electron chi connectivity index (χ1n) is 5.13. The summed E-state index contributed by atoms with van der Waals surface area (Å²) in [4.78, 5) is 10.6. The average molecular weight is 242 g/mol. The van der Waals surface area contributed by atoms with E-state index in [1.165, 1.54) is 0 Å². The third-order valence-electron chi connectivity index (χ3n) is 2.29. The zero-order valence-electron chi connectivity index (χ0n) is 9.71. The van der Waals surface area contributed by atoms with Crippen LogP contribution in [0.5, 0.6) is 5.75 Å². The number of hydrogen-bond acceptors (Lipinski definition) is 2. The average Bonchev–Trinajstić information content (AvgIpc) is 2.15. The molecule has 1 amide bonds. The molecule has 0 saturated carbocycles. The third-order valence-corrected chi connectivity index (χ3v) is 2.61. The Morgan fingerprint density at radius 2 is 2.12 bits per heavy atom. The molecule has 4 heteroatoms. The van der Waals surface area contributed by atoms with E-state index in [1.54, 1.807) is 0 Å². The van der Waals surface area contributed by atoms with Crippen molar-refractivity contribution in [2.75, 3.05) is 6.61 Å². The van der Waals surface area contributed by atoms with Crippen molar-refractivity contribution in [1.82, 2.24) is 0 Å². The Hall–Kier alpha value is -1.22. The van der Waals surface area contributed by atoms with Gasteiger partial charge in [0.2, 0.25) is 0 Å². The van der Waals surface area contributed by atoms with Crippen LogP contribution >= 0.6 is 11.6 Å². The second-order valence-corrected chi connectivity index (χ2v) is 4.46. The van der Waals surface area contributed by atoms with Crippen molar-refractivity contribution in [3.63, 3.8) is 0 Å². The lowest BCUT2D eigenvalue weighted by molar-refractivity contribution is -0.119. The highest BCUT2D eigenvalue weighted by molar-refractivity contribution is 6.31. The number of nitrogens with two attached hydrogens (primary N) is 1. The highest BCUT2D eigenvalue weighted by atomic mass is 35.5. The zero-order valence-corrected chi connectivity index (χ0v) is 10.5. The molecule has 0 saturated heterocycles. The Kier molecular flexibility index (Phi) is 4.19. The number of primary amides is 1. The molecule has 2 N–H and O–H groups in total. The summed E-state index contributed by atoms with van der Waals surface area (Å²) in [5.74, 6) is 0.483. The lowest BCUT2D eigenvalue weighted by Crippen LogP contribution is -2.20. The quantitative estimate of drug-likeness (QED) is 0.881. The maximum Gasteiger partial charge on any atom is 0.255 e. The molecular weight excluding hydrogens is 226 g/mol. The van der Waals surface area contributed by atoms with Crippen molar-refractivity contribution in [3.8, 4) is 5.75 Å². The van der Waals surface area contributed by atoms with Gasteiger partial charge in [0.15, 0.2) is 6.61 Å². The van der Waals surface area contributed by atoms with E-state index in [9.17, 15) is 4.79 Å². The molecule has 3 nitrogen and oxygen atoms in total. The molecular formula is C12H16ClNO2. The number of carbonyl (C=O) groups excluding carboxylic acids is 1. The van der Waals surface area contributed by atoms with Crippen LogP contribution < -0.4 is 10.5 Å². The number of amides is 1. The fourth-order valence-corrected chi connectivity index (χ4v) is 1.85. The summed E-state index contributed by atoms with van der Waals surface area (Å²) in [6.07, 6.45) is 0. The van der Waals surface area contributed by atoms with Crippen molar-refractivity contribution >= 4 is 17.5 Å². The monoisotopic (exact) mass is 241 g/mol. The maximum absolute atomic E-state index is 10.6. The van der Waals surface area contributed by atoms with E-state index in [2.05, 4.69) is 13.8 Å². The zero-order chi connectivity index (χ0) is 12.3. The molecule has 16 heavy (non-hydrogen) atoms. The lowest BCUT2D eigenvalue weighted by atomic mass is 10.0. The van der Waals surface area contributed by atoms with E-state index in [4.69, 9.17) is 22.1 Å². The van der Waals surface area contributed by atoms with Gasteiger partial charge in [-0.15, -0.1) is 0 Å². The molecule has 1 aromatic rings. The Bertz CT molecular complexity index is 402. The van der Waals surface area contributed by atoms with Gasteiger partial charge in [-0.1, -0.05) is 25.4 Å². The Labute approximate surface area is 101 Å². The van der Waals surface area contributed by atoms with Crippen LogP contribution in [-0.4, -0.2) is 12.5 Å². The van der Waals surface area contributed by atoms with E-state index < -0.39 is 5.91 Å². The number of rotatable bonds is 4. The summed E-state index contributed by atoms with van der Waals surface area (Å²) in [6, 6.07) is 3.71. The standard InChI is InChI=1S/C12H16ClNO2/c1-7(2)9-5-11(16-6-12(14)15)8(3)4-10(9)13/h4-5,7H,6H2,1-3H3,(H2,14,15). The predicted molar refractivity (Wildman–Crippen MR) is 65.0 cm³/mol. The number of halogens is 1. The minimum absolute atomic E-state index is 0.111. The second-order valence-electron chi connectivity index (χ2n) is 4.05. The first-order chi connectivity index (χ1) is 7.41. The number of carbonyl (C=O) groups is 1. The number of aryl methyl sites for hydroxylation is 1. The summed E-state index contributed by atoms with van der Waals surface area (Å²) in [5, 5.41) is 0.721. The van der Waals surface area contributed by atoms with Gasteiger partial charge in [-0.3, -0.25) is 4.79 Å². The molecule has 0 aliphatic rings. The molecule has 0 atom stereocenters. The van der Waals surface area contributed by atoms with Crippen molar-refractivity contribution in [2.24, 2.45) is 5.73 Å². The molecule has 0 aliphatic heterocycles. The molecule has 0 unspecified atom stereocenters. The Morgan fingerprint density at radius 3 is 2.62 bits per heavy atom. The fourth-order valence-electron chi connectivity index (χ4n) is 1.42. The van der Waals surface area contributed by atoms with Crippen LogP contribution in [0.15, 0.2) is 12.1 Å². The normalized spacial score (nSPS) is 10.6. The van der Waals surface area contributed by atoms with Gasteiger partial charge in [-0.2, -0.15) is 0 Å². The summed E-state index contributed by atoms with van der Waals surface area (Å²) < 4.78 is 5.31. The minimum Gasteiger partial charge on any atom is -0.484 e. The van der Waals surface area contributed by atoms with Crippen LogP contribution in [0.3, 0.4) is 0 Å². The topological polar surface area (TPSA) is 52.3 Å². The fraction of sp³-hybridized carbons (Fsp3) is 0.417. The lowest BCUT2D eigenvalue weighted by Gasteiger charge is -2.13. The van der Waals surface area contributed by atoms with Crippen molar-refractivity contribution in [3.05, 3.63) is 28.3 Å². The molecule has 0 spiro atoms. The largest absolute Gasteiger partial charge is 0.484 e. The van der Waals surface area contributed by atoms with Crippen LogP contribution in [0.25, 0.3) is 0 Å². The Morgan fingerprint density at radius 1 is 1.50 bits per heavy atom. The van der Waals surface area contributed by atoms with E-state index in [-0.39, 0.29) is 6.61 Å². The first-order valence-corrected chi connectivity index (χ1v) is 5.50. The molecule has 0 bridgehead atoms. The minimum atomic E-state index is -0.486. The highest BCUT2D eigenvalue weighted by Gasteiger charge is 2.10. The second kappa shape index (κ2) is 5.21.